The molecule has 0 heterocycles. The van der Waals surface area contributed by atoms with Crippen LogP contribution in [0.4, 0.5) is 0 Å². The molecule has 0 aromatic heterocycles. The molecule has 2 N–H and O–H groups in total. The Morgan fingerprint density at radius 1 is 1.33 bits per heavy atom. The molecule has 0 aliphatic heterocycles. The van der Waals surface area contributed by atoms with Gasteiger partial charge in [-0.2, -0.15) is 0 Å². The maximum Gasteiger partial charge on any atom is 0.191 e. The van der Waals surface area contributed by atoms with Crippen LogP contribution >= 0.6 is 11.6 Å². The van der Waals surface area contributed by atoms with Crippen LogP contribution in [-0.2, 0) is 16.3 Å². The lowest BCUT2D eigenvalue weighted by Crippen LogP contribution is -2.48. The monoisotopic (exact) mass is 375 g/mol. The van der Waals surface area contributed by atoms with Crippen LogP contribution in [0.3, 0.4) is 0 Å². The molecule has 8 heteroatoms. The van der Waals surface area contributed by atoms with Gasteiger partial charge in [-0.05, 0) is 38.0 Å². The first-order valence-corrected chi connectivity index (χ1v) is 9.84. The average Bonchev–Trinajstić information content (AvgIpc) is 2.50. The summed E-state index contributed by atoms with van der Waals surface area (Å²) in [7, 11) is 0.0832. The molecule has 0 bridgehead atoms. The Kier molecular flexibility index (Phi) is 7.35. The summed E-state index contributed by atoms with van der Waals surface area (Å²) in [6, 6.07) is 5.56. The van der Waals surface area contributed by atoms with Crippen molar-refractivity contribution in [3.05, 3.63) is 28.8 Å². The summed E-state index contributed by atoms with van der Waals surface area (Å²) in [4.78, 5) is 4.10. The number of methoxy groups -OCH3 is 1. The topological polar surface area (TPSA) is 79.8 Å². The van der Waals surface area contributed by atoms with E-state index in [9.17, 15) is 8.42 Å². The molecule has 0 aliphatic rings. The van der Waals surface area contributed by atoms with E-state index in [2.05, 4.69) is 15.6 Å². The van der Waals surface area contributed by atoms with Gasteiger partial charge in [-0.25, -0.2) is 8.42 Å². The lowest BCUT2D eigenvalue weighted by atomic mass is 10.1. The predicted octanol–water partition coefficient (Wildman–Crippen LogP) is 1.88. The zero-order valence-corrected chi connectivity index (χ0v) is 16.4. The van der Waals surface area contributed by atoms with Gasteiger partial charge in [-0.3, -0.25) is 4.99 Å². The SMILES string of the molecule is CN=C(NCCc1ccc(OC)cc1Cl)NCC(C)(C)S(C)(=O)=O. The summed E-state index contributed by atoms with van der Waals surface area (Å²) in [5.74, 6) is 1.27. The van der Waals surface area contributed by atoms with Crippen LogP contribution < -0.4 is 15.4 Å². The van der Waals surface area contributed by atoms with Gasteiger partial charge in [-0.15, -0.1) is 0 Å². The third kappa shape index (κ3) is 5.87. The van der Waals surface area contributed by atoms with Gasteiger partial charge in [0, 0.05) is 31.4 Å². The van der Waals surface area contributed by atoms with Gasteiger partial charge in [0.1, 0.15) is 5.75 Å². The smallest absolute Gasteiger partial charge is 0.191 e. The molecular formula is C16H26ClN3O3S. The number of nitrogens with one attached hydrogen (secondary N) is 2. The van der Waals surface area contributed by atoms with Crippen LogP contribution in [0, 0.1) is 0 Å². The summed E-state index contributed by atoms with van der Waals surface area (Å²) in [5.41, 5.74) is 0.997. The van der Waals surface area contributed by atoms with Crippen LogP contribution in [0.1, 0.15) is 19.4 Å². The molecule has 6 nitrogen and oxygen atoms in total. The Morgan fingerprint density at radius 2 is 2.00 bits per heavy atom. The van der Waals surface area contributed by atoms with Gasteiger partial charge in [0.05, 0.1) is 11.9 Å². The molecule has 0 saturated carbocycles. The van der Waals surface area contributed by atoms with Gasteiger partial charge >= 0.3 is 0 Å². The fraction of sp³-hybridized carbons (Fsp3) is 0.562. The Bertz CT molecular complexity index is 688. The number of nitrogens with zero attached hydrogens (tertiary/aromatic N) is 1. The lowest BCUT2D eigenvalue weighted by Gasteiger charge is -2.24. The van der Waals surface area contributed by atoms with E-state index in [1.807, 2.05) is 12.1 Å². The Hall–Kier alpha value is -1.47. The molecule has 136 valence electrons. The van der Waals surface area contributed by atoms with Gasteiger partial charge in [0.2, 0.25) is 0 Å². The van der Waals surface area contributed by atoms with Crippen LogP contribution in [0.15, 0.2) is 23.2 Å². The van der Waals surface area contributed by atoms with Crippen molar-refractivity contribution in [1.29, 1.82) is 0 Å². The van der Waals surface area contributed by atoms with Crippen molar-refractivity contribution in [3.63, 3.8) is 0 Å². The Balaban J connectivity index is 2.54. The lowest BCUT2D eigenvalue weighted by molar-refractivity contribution is 0.414. The van der Waals surface area contributed by atoms with Crippen LogP contribution in [0.25, 0.3) is 0 Å². The first-order chi connectivity index (χ1) is 11.1. The van der Waals surface area contributed by atoms with Crippen molar-refractivity contribution in [1.82, 2.24) is 10.6 Å². The first-order valence-electron chi connectivity index (χ1n) is 7.57. The molecule has 0 aliphatic carbocycles. The molecule has 0 fully saturated rings. The normalized spacial score (nSPS) is 12.8. The first kappa shape index (κ1) is 20.6. The van der Waals surface area contributed by atoms with E-state index < -0.39 is 14.6 Å². The zero-order valence-electron chi connectivity index (χ0n) is 14.8. The van der Waals surface area contributed by atoms with Gasteiger partial charge < -0.3 is 15.4 Å². The minimum Gasteiger partial charge on any atom is -0.497 e. The number of hydrogen-bond donors (Lipinski definition) is 2. The number of halogens is 1. The molecule has 0 radical (unpaired) electrons. The molecule has 1 aromatic carbocycles. The average molecular weight is 376 g/mol. The molecule has 0 unspecified atom stereocenters. The van der Waals surface area contributed by atoms with Crippen molar-refractivity contribution in [2.45, 2.75) is 25.0 Å². The fourth-order valence-corrected chi connectivity index (χ4v) is 2.42. The third-order valence-corrected chi connectivity index (χ3v) is 6.36. The fourth-order valence-electron chi connectivity index (χ4n) is 1.82. The molecular weight excluding hydrogens is 350 g/mol. The summed E-state index contributed by atoms with van der Waals surface area (Å²) in [6.07, 6.45) is 1.94. The highest BCUT2D eigenvalue weighted by molar-refractivity contribution is 7.92. The van der Waals surface area contributed by atoms with E-state index >= 15 is 0 Å². The highest BCUT2D eigenvalue weighted by Crippen LogP contribution is 2.22. The molecule has 0 amide bonds. The van der Waals surface area contributed by atoms with Gasteiger partial charge in [0.15, 0.2) is 15.8 Å². The van der Waals surface area contributed by atoms with Crippen molar-refractivity contribution < 1.29 is 13.2 Å². The van der Waals surface area contributed by atoms with E-state index in [1.54, 1.807) is 34.1 Å². The van der Waals surface area contributed by atoms with Crippen molar-refractivity contribution in [3.8, 4) is 5.75 Å². The summed E-state index contributed by atoms with van der Waals surface area (Å²) < 4.78 is 27.7. The van der Waals surface area contributed by atoms with E-state index in [1.165, 1.54) is 6.26 Å². The Morgan fingerprint density at radius 3 is 2.50 bits per heavy atom. The number of aliphatic imine (C=N–C) groups is 1. The van der Waals surface area contributed by atoms with Crippen molar-refractivity contribution in [2.24, 2.45) is 4.99 Å². The summed E-state index contributed by atoms with van der Waals surface area (Å²) in [6.45, 7) is 4.25. The molecule has 0 atom stereocenters. The largest absolute Gasteiger partial charge is 0.497 e. The number of sulfone groups is 1. The van der Waals surface area contributed by atoms with Crippen molar-refractivity contribution in [2.75, 3.05) is 33.5 Å². The number of hydrogen-bond acceptors (Lipinski definition) is 4. The molecule has 24 heavy (non-hydrogen) atoms. The second kappa shape index (κ2) is 8.58. The van der Waals surface area contributed by atoms with Gasteiger partial charge in [-0.1, -0.05) is 17.7 Å². The minimum atomic E-state index is -3.16. The number of rotatable bonds is 7. The standard InChI is InChI=1S/C16H26ClN3O3S/c1-16(2,24(5,21)22)11-20-15(18-3)19-9-8-12-6-7-13(23-4)10-14(12)17/h6-7,10H,8-9,11H2,1-5H3,(H2,18,19,20). The van der Waals surface area contributed by atoms with E-state index in [-0.39, 0.29) is 6.54 Å². The minimum absolute atomic E-state index is 0.273. The third-order valence-electron chi connectivity index (χ3n) is 3.86. The second-order valence-electron chi connectivity index (χ2n) is 6.09. The van der Waals surface area contributed by atoms with Crippen LogP contribution in [0.5, 0.6) is 5.75 Å². The van der Waals surface area contributed by atoms with E-state index in [0.29, 0.717) is 23.9 Å². The maximum absolute atomic E-state index is 11.7. The highest BCUT2D eigenvalue weighted by atomic mass is 35.5. The predicted molar refractivity (Wildman–Crippen MR) is 100.0 cm³/mol. The molecule has 1 rings (SSSR count). The molecule has 0 saturated heterocycles. The number of benzene rings is 1. The molecule has 1 aromatic rings. The van der Waals surface area contributed by atoms with E-state index in [4.69, 9.17) is 16.3 Å². The zero-order chi connectivity index (χ0) is 18.4. The quantitative estimate of drug-likeness (QED) is 0.562. The Labute approximate surface area is 149 Å². The maximum atomic E-state index is 11.7. The summed E-state index contributed by atoms with van der Waals surface area (Å²) in [5, 5.41) is 6.84. The van der Waals surface area contributed by atoms with Crippen LogP contribution in [-0.4, -0.2) is 52.6 Å². The molecule has 0 spiro atoms. The van der Waals surface area contributed by atoms with Gasteiger partial charge in [0.25, 0.3) is 0 Å². The number of ether oxygens (including phenoxy) is 1. The van der Waals surface area contributed by atoms with Crippen LogP contribution in [0.2, 0.25) is 5.02 Å². The number of guanidine groups is 1. The summed E-state index contributed by atoms with van der Waals surface area (Å²) >= 11 is 6.21. The second-order valence-corrected chi connectivity index (χ2v) is 9.15. The van der Waals surface area contributed by atoms with E-state index in [0.717, 1.165) is 11.3 Å². The van der Waals surface area contributed by atoms with Crippen molar-refractivity contribution >= 4 is 27.4 Å². The highest BCUT2D eigenvalue weighted by Gasteiger charge is 2.30.